The standard InChI is InChI=1S/C10H6/c1-3-5-7-9-10-8-6-4-2/h1H,9H2,2H3. The van der Waals surface area contributed by atoms with Gasteiger partial charge in [0.05, 0.1) is 6.42 Å². The molecule has 0 aromatic rings. The summed E-state index contributed by atoms with van der Waals surface area (Å²) in [6, 6.07) is 0. The molecule has 0 fully saturated rings. The van der Waals surface area contributed by atoms with Gasteiger partial charge < -0.3 is 0 Å². The van der Waals surface area contributed by atoms with E-state index in [-0.39, 0.29) is 0 Å². The summed E-state index contributed by atoms with van der Waals surface area (Å²) < 4.78 is 0. The van der Waals surface area contributed by atoms with E-state index in [1.807, 2.05) is 0 Å². The van der Waals surface area contributed by atoms with Gasteiger partial charge in [-0.05, 0) is 30.6 Å². The summed E-state index contributed by atoms with van der Waals surface area (Å²) in [5, 5.41) is 0. The van der Waals surface area contributed by atoms with Crippen molar-refractivity contribution in [3.8, 4) is 47.9 Å². The zero-order valence-corrected chi connectivity index (χ0v) is 5.78. The summed E-state index contributed by atoms with van der Waals surface area (Å²) in [4.78, 5) is 0. The van der Waals surface area contributed by atoms with Crippen LogP contribution in [0.2, 0.25) is 0 Å². The lowest BCUT2D eigenvalue weighted by Crippen LogP contribution is -1.57. The van der Waals surface area contributed by atoms with Crippen LogP contribution in [0.1, 0.15) is 13.3 Å². The molecule has 0 heteroatoms. The second-order valence-corrected chi connectivity index (χ2v) is 1.30. The number of hydrogen-bond acceptors (Lipinski definition) is 0. The quantitative estimate of drug-likeness (QED) is 0.425. The molecule has 0 nitrogen and oxygen atoms in total. The van der Waals surface area contributed by atoms with Crippen molar-refractivity contribution in [2.75, 3.05) is 0 Å². The van der Waals surface area contributed by atoms with Gasteiger partial charge in [0, 0.05) is 0 Å². The summed E-state index contributed by atoms with van der Waals surface area (Å²) in [7, 11) is 0. The van der Waals surface area contributed by atoms with Gasteiger partial charge in [0.1, 0.15) is 0 Å². The molecule has 0 N–H and O–H groups in total. The van der Waals surface area contributed by atoms with Crippen molar-refractivity contribution in [3.05, 3.63) is 0 Å². The Morgan fingerprint density at radius 1 is 1.10 bits per heavy atom. The minimum Gasteiger partial charge on any atom is -0.106 e. The van der Waals surface area contributed by atoms with E-state index in [0.717, 1.165) is 0 Å². The van der Waals surface area contributed by atoms with Gasteiger partial charge in [0.25, 0.3) is 0 Å². The fraction of sp³-hybridized carbons (Fsp3) is 0.200. The van der Waals surface area contributed by atoms with Crippen molar-refractivity contribution >= 4 is 0 Å². The molecule has 10 heavy (non-hydrogen) atoms. The molecule has 0 rings (SSSR count). The molecule has 0 amide bonds. The van der Waals surface area contributed by atoms with E-state index in [1.54, 1.807) is 6.92 Å². The zero-order valence-electron chi connectivity index (χ0n) is 5.78. The van der Waals surface area contributed by atoms with E-state index in [9.17, 15) is 0 Å². The van der Waals surface area contributed by atoms with Gasteiger partial charge in [0.2, 0.25) is 0 Å². The molecule has 0 spiro atoms. The van der Waals surface area contributed by atoms with E-state index in [4.69, 9.17) is 6.42 Å². The van der Waals surface area contributed by atoms with Crippen molar-refractivity contribution in [2.45, 2.75) is 13.3 Å². The molecular formula is C10H6. The van der Waals surface area contributed by atoms with Gasteiger partial charge in [-0.25, -0.2) is 0 Å². The first-order valence-electron chi connectivity index (χ1n) is 2.75. The van der Waals surface area contributed by atoms with Gasteiger partial charge in [-0.3, -0.25) is 0 Å². The predicted octanol–water partition coefficient (Wildman–Crippen LogP) is 1.04. The predicted molar refractivity (Wildman–Crippen MR) is 42.5 cm³/mol. The Morgan fingerprint density at radius 2 is 1.80 bits per heavy atom. The summed E-state index contributed by atoms with van der Waals surface area (Å²) in [6.07, 6.45) is 5.37. The van der Waals surface area contributed by atoms with Gasteiger partial charge in [0.15, 0.2) is 0 Å². The fourth-order valence-electron chi connectivity index (χ4n) is 0.290. The first-order valence-corrected chi connectivity index (χ1v) is 2.75. The SMILES string of the molecule is C#CC#CCC#CC#CC. The minimum atomic E-state index is 0.499. The largest absolute Gasteiger partial charge is 0.106 e. The molecule has 0 saturated heterocycles. The van der Waals surface area contributed by atoms with Crippen LogP contribution in [-0.4, -0.2) is 0 Å². The smallest absolute Gasteiger partial charge is 0.0723 e. The lowest BCUT2D eigenvalue weighted by molar-refractivity contribution is 1.57. The van der Waals surface area contributed by atoms with Crippen LogP contribution in [0.25, 0.3) is 0 Å². The molecule has 0 aliphatic rings. The van der Waals surface area contributed by atoms with E-state index < -0.39 is 0 Å². The van der Waals surface area contributed by atoms with Crippen LogP contribution < -0.4 is 0 Å². The molecule has 0 saturated carbocycles. The van der Waals surface area contributed by atoms with Crippen LogP contribution in [0.3, 0.4) is 0 Å². The second kappa shape index (κ2) is 7.24. The maximum Gasteiger partial charge on any atom is 0.0723 e. The zero-order chi connectivity index (χ0) is 7.66. The third kappa shape index (κ3) is 6.24. The molecule has 0 atom stereocenters. The molecule has 0 aromatic heterocycles. The lowest BCUT2D eigenvalue weighted by Gasteiger charge is -1.63. The van der Waals surface area contributed by atoms with Gasteiger partial charge in [-0.1, -0.05) is 17.8 Å². The molecule has 0 bridgehead atoms. The maximum absolute atomic E-state index is 4.87. The van der Waals surface area contributed by atoms with E-state index in [1.165, 1.54) is 0 Å². The van der Waals surface area contributed by atoms with Crippen molar-refractivity contribution in [3.63, 3.8) is 0 Å². The molecule has 46 valence electrons. The molecular weight excluding hydrogens is 120 g/mol. The Kier molecular flexibility index (Phi) is 5.97. The van der Waals surface area contributed by atoms with Gasteiger partial charge in [-0.2, -0.15) is 0 Å². The number of rotatable bonds is 0. The number of hydrogen-bond donors (Lipinski definition) is 0. The van der Waals surface area contributed by atoms with Gasteiger partial charge in [-0.15, -0.1) is 6.42 Å². The molecule has 0 heterocycles. The minimum absolute atomic E-state index is 0.499. The molecule has 0 radical (unpaired) electrons. The molecule has 0 aliphatic heterocycles. The van der Waals surface area contributed by atoms with E-state index in [0.29, 0.717) is 6.42 Å². The number of terminal acetylenes is 1. The summed E-state index contributed by atoms with van der Waals surface area (Å²) in [6.45, 7) is 1.74. The van der Waals surface area contributed by atoms with Crippen LogP contribution in [0.15, 0.2) is 0 Å². The highest BCUT2D eigenvalue weighted by Crippen LogP contribution is 1.67. The molecule has 0 aromatic carbocycles. The van der Waals surface area contributed by atoms with Crippen LogP contribution in [0, 0.1) is 47.9 Å². The average Bonchev–Trinajstić information content (AvgIpc) is 1.97. The Bertz CT molecular complexity index is 294. The molecule has 0 unspecified atom stereocenters. The normalized spacial score (nSPS) is 4.40. The highest BCUT2D eigenvalue weighted by atomic mass is 13.6. The molecule has 0 aliphatic carbocycles. The topological polar surface area (TPSA) is 0 Å². The van der Waals surface area contributed by atoms with Crippen LogP contribution in [0.4, 0.5) is 0 Å². The lowest BCUT2D eigenvalue weighted by atomic mass is 10.4. The van der Waals surface area contributed by atoms with Crippen molar-refractivity contribution in [2.24, 2.45) is 0 Å². The Morgan fingerprint density at radius 3 is 2.40 bits per heavy atom. The Hall–Kier alpha value is -1.76. The van der Waals surface area contributed by atoms with E-state index in [2.05, 4.69) is 41.4 Å². The highest BCUT2D eigenvalue weighted by molar-refractivity contribution is 5.29. The van der Waals surface area contributed by atoms with Crippen LogP contribution >= 0.6 is 0 Å². The summed E-state index contributed by atoms with van der Waals surface area (Å²) >= 11 is 0. The first-order chi connectivity index (χ1) is 4.91. The summed E-state index contributed by atoms with van der Waals surface area (Å²) in [5.41, 5.74) is 0. The van der Waals surface area contributed by atoms with E-state index >= 15 is 0 Å². The van der Waals surface area contributed by atoms with Crippen molar-refractivity contribution in [1.29, 1.82) is 0 Å². The monoisotopic (exact) mass is 126 g/mol. The second-order valence-electron chi connectivity index (χ2n) is 1.30. The van der Waals surface area contributed by atoms with Crippen LogP contribution in [0.5, 0.6) is 0 Å². The maximum atomic E-state index is 4.87. The third-order valence-corrected chi connectivity index (χ3v) is 0.613. The van der Waals surface area contributed by atoms with Crippen molar-refractivity contribution < 1.29 is 0 Å². The van der Waals surface area contributed by atoms with Gasteiger partial charge >= 0.3 is 0 Å². The fourth-order valence-corrected chi connectivity index (χ4v) is 0.290. The highest BCUT2D eigenvalue weighted by Gasteiger charge is 1.61. The first kappa shape index (κ1) is 8.24. The Balaban J connectivity index is 3.67. The summed E-state index contributed by atoms with van der Waals surface area (Å²) in [5.74, 6) is 17.9. The third-order valence-electron chi connectivity index (χ3n) is 0.613. The van der Waals surface area contributed by atoms with Crippen LogP contribution in [-0.2, 0) is 0 Å². The average molecular weight is 126 g/mol. The Labute approximate surface area is 62.0 Å². The van der Waals surface area contributed by atoms with Crippen molar-refractivity contribution in [1.82, 2.24) is 0 Å².